The lowest BCUT2D eigenvalue weighted by atomic mass is 10.3. The van der Waals surface area contributed by atoms with Crippen molar-refractivity contribution in [2.75, 3.05) is 7.11 Å². The van der Waals surface area contributed by atoms with Gasteiger partial charge in [0.1, 0.15) is 16.1 Å². The average Bonchev–Trinajstić information content (AvgIpc) is 3.06. The van der Waals surface area contributed by atoms with E-state index >= 15 is 0 Å². The molecule has 21 heavy (non-hydrogen) atoms. The fourth-order valence-electron chi connectivity index (χ4n) is 2.00. The van der Waals surface area contributed by atoms with Gasteiger partial charge in [-0.1, -0.05) is 23.9 Å². The van der Waals surface area contributed by atoms with Crippen LogP contribution in [0.15, 0.2) is 41.6 Å². The zero-order valence-electron chi connectivity index (χ0n) is 11.2. The fraction of sp³-hybridized carbons (Fsp3) is 0.143. The maximum absolute atomic E-state index is 11.7. The predicted octanol–water partition coefficient (Wildman–Crippen LogP) is 2.30. The van der Waals surface area contributed by atoms with E-state index in [2.05, 4.69) is 23.0 Å². The summed E-state index contributed by atoms with van der Waals surface area (Å²) in [5.41, 5.74) is 1.70. The number of carbonyl (C=O) groups is 1. The quantitative estimate of drug-likeness (QED) is 0.673. The lowest BCUT2D eigenvalue weighted by molar-refractivity contribution is -0.116. The summed E-state index contributed by atoms with van der Waals surface area (Å²) >= 11 is 5.60. The normalized spacial score (nSPS) is 19.8. The predicted molar refractivity (Wildman–Crippen MR) is 86.6 cm³/mol. The minimum absolute atomic E-state index is 0.106. The number of nitrogens with one attached hydrogen (secondary N) is 1. The molecule has 2 aromatic rings. The molecule has 3 rings (SSSR count). The molecule has 0 spiro atoms. The van der Waals surface area contributed by atoms with E-state index in [0.29, 0.717) is 4.91 Å². The van der Waals surface area contributed by atoms with Gasteiger partial charge >= 0.3 is 0 Å². The molecule has 108 valence electrons. The highest BCUT2D eigenvalue weighted by atomic mass is 32.2. The van der Waals surface area contributed by atoms with E-state index in [-0.39, 0.29) is 10.6 Å². The molecule has 1 saturated heterocycles. The van der Waals surface area contributed by atoms with Crippen LogP contribution in [0.2, 0.25) is 0 Å². The number of thiol groups is 1. The Morgan fingerprint density at radius 3 is 3.00 bits per heavy atom. The molecule has 5 nitrogen and oxygen atoms in total. The van der Waals surface area contributed by atoms with Crippen molar-refractivity contribution < 1.29 is 9.53 Å². The Morgan fingerprint density at radius 1 is 1.48 bits per heavy atom. The molecular formula is C14H13N3O2S2. The molecule has 1 aromatic heterocycles. The first kappa shape index (κ1) is 14.1. The summed E-state index contributed by atoms with van der Waals surface area (Å²) in [6, 6.07) is 7.62. The van der Waals surface area contributed by atoms with Crippen LogP contribution >= 0.6 is 24.4 Å². The van der Waals surface area contributed by atoms with Gasteiger partial charge in [0.25, 0.3) is 5.91 Å². The van der Waals surface area contributed by atoms with Gasteiger partial charge in [-0.25, -0.2) is 4.68 Å². The van der Waals surface area contributed by atoms with Crippen molar-refractivity contribution in [1.82, 2.24) is 15.1 Å². The molecule has 1 fully saturated rings. The first-order valence-corrected chi connectivity index (χ1v) is 7.62. The van der Waals surface area contributed by atoms with E-state index in [1.807, 2.05) is 30.5 Å². The molecular weight excluding hydrogens is 306 g/mol. The molecule has 1 atom stereocenters. The second kappa shape index (κ2) is 5.87. The second-order valence-electron chi connectivity index (χ2n) is 4.34. The average molecular weight is 319 g/mol. The van der Waals surface area contributed by atoms with Crippen LogP contribution in [0.4, 0.5) is 0 Å². The summed E-state index contributed by atoms with van der Waals surface area (Å²) in [7, 11) is 1.62. The monoisotopic (exact) mass is 319 g/mol. The van der Waals surface area contributed by atoms with Crippen LogP contribution in [0.5, 0.6) is 5.75 Å². The molecule has 1 aliphatic heterocycles. The number of nitrogens with zero attached hydrogens (tertiary/aromatic N) is 2. The maximum atomic E-state index is 11.7. The summed E-state index contributed by atoms with van der Waals surface area (Å²) in [5, 5.41) is 7.03. The van der Waals surface area contributed by atoms with Gasteiger partial charge in [-0.2, -0.15) is 5.10 Å². The SMILES string of the molecule is COc1ccccc1-n1cc(/C=C2\SC(S)NC2=O)cn1. The molecule has 7 heteroatoms. The number of thioether (sulfide) groups is 1. The molecule has 0 bridgehead atoms. The van der Waals surface area contributed by atoms with E-state index < -0.39 is 0 Å². The number of para-hydroxylation sites is 2. The number of carbonyl (C=O) groups excluding carboxylic acids is 1. The van der Waals surface area contributed by atoms with Crippen molar-refractivity contribution in [3.63, 3.8) is 0 Å². The first-order chi connectivity index (χ1) is 10.2. The topological polar surface area (TPSA) is 56.1 Å². The molecule has 1 unspecified atom stereocenters. The van der Waals surface area contributed by atoms with Crippen LogP contribution in [0.1, 0.15) is 5.56 Å². The third-order valence-corrected chi connectivity index (χ3v) is 4.29. The van der Waals surface area contributed by atoms with Crippen LogP contribution in [-0.4, -0.2) is 27.5 Å². The minimum Gasteiger partial charge on any atom is -0.494 e. The number of amides is 1. The number of hydrogen-bond donors (Lipinski definition) is 2. The standard InChI is InChI=1S/C14H13N3O2S2/c1-19-11-5-3-2-4-10(11)17-8-9(7-15-17)6-12-13(18)16-14(20)21-12/h2-8,14,20H,1H3,(H,16,18)/b12-6-. The smallest absolute Gasteiger partial charge is 0.259 e. The highest BCUT2D eigenvalue weighted by Gasteiger charge is 2.24. The van der Waals surface area contributed by atoms with Crippen LogP contribution in [0, 0.1) is 0 Å². The van der Waals surface area contributed by atoms with Gasteiger partial charge in [0, 0.05) is 11.8 Å². The van der Waals surface area contributed by atoms with Crippen molar-refractivity contribution in [3.8, 4) is 11.4 Å². The fourth-order valence-corrected chi connectivity index (χ4v) is 3.23. The van der Waals surface area contributed by atoms with Crippen LogP contribution in [-0.2, 0) is 4.79 Å². The summed E-state index contributed by atoms with van der Waals surface area (Å²) < 4.78 is 6.86. The third kappa shape index (κ3) is 2.93. The molecule has 0 aliphatic carbocycles. The molecule has 1 aromatic carbocycles. The molecule has 1 amide bonds. The summed E-state index contributed by atoms with van der Waals surface area (Å²) in [4.78, 5) is 12.3. The van der Waals surface area contributed by atoms with Crippen molar-refractivity contribution >= 4 is 36.4 Å². The molecule has 2 heterocycles. The van der Waals surface area contributed by atoms with Gasteiger partial charge in [-0.15, -0.1) is 12.6 Å². The Kier molecular flexibility index (Phi) is 3.94. The van der Waals surface area contributed by atoms with E-state index in [4.69, 9.17) is 4.74 Å². The van der Waals surface area contributed by atoms with Gasteiger partial charge < -0.3 is 10.1 Å². The highest BCUT2D eigenvalue weighted by molar-refractivity contribution is 8.14. The third-order valence-electron chi connectivity index (χ3n) is 2.95. The van der Waals surface area contributed by atoms with Crippen molar-refractivity contribution in [1.29, 1.82) is 0 Å². The van der Waals surface area contributed by atoms with Gasteiger partial charge in [0.2, 0.25) is 0 Å². The number of hydrogen-bond acceptors (Lipinski definition) is 5. The Labute approximate surface area is 131 Å². The molecule has 1 N–H and O–H groups in total. The van der Waals surface area contributed by atoms with Gasteiger partial charge in [-0.05, 0) is 18.2 Å². The van der Waals surface area contributed by atoms with Gasteiger partial charge in [-0.3, -0.25) is 4.79 Å². The Morgan fingerprint density at radius 2 is 2.29 bits per heavy atom. The first-order valence-electron chi connectivity index (χ1n) is 6.23. The van der Waals surface area contributed by atoms with Crippen molar-refractivity contribution in [2.45, 2.75) is 4.71 Å². The van der Waals surface area contributed by atoms with E-state index in [0.717, 1.165) is 17.0 Å². The number of aromatic nitrogens is 2. The summed E-state index contributed by atoms with van der Waals surface area (Å²) in [6.07, 6.45) is 5.36. The number of rotatable bonds is 3. The molecule has 0 saturated carbocycles. The Balaban J connectivity index is 1.90. The van der Waals surface area contributed by atoms with Crippen LogP contribution < -0.4 is 10.1 Å². The molecule has 1 aliphatic rings. The zero-order chi connectivity index (χ0) is 14.8. The lowest BCUT2D eigenvalue weighted by Gasteiger charge is -2.07. The van der Waals surface area contributed by atoms with Crippen molar-refractivity contribution in [3.05, 3.63) is 47.1 Å². The Hall–Kier alpha value is -1.86. The number of ether oxygens (including phenoxy) is 1. The molecule has 0 radical (unpaired) electrons. The minimum atomic E-state index is -0.187. The highest BCUT2D eigenvalue weighted by Crippen LogP contribution is 2.31. The van der Waals surface area contributed by atoms with Crippen molar-refractivity contribution in [2.24, 2.45) is 0 Å². The van der Waals surface area contributed by atoms with Crippen LogP contribution in [0.25, 0.3) is 11.8 Å². The number of methoxy groups -OCH3 is 1. The second-order valence-corrected chi connectivity index (χ2v) is 6.36. The van der Waals surface area contributed by atoms with E-state index in [9.17, 15) is 4.79 Å². The van der Waals surface area contributed by atoms with Gasteiger partial charge in [0.05, 0.1) is 18.2 Å². The summed E-state index contributed by atoms with van der Waals surface area (Å²) in [5.74, 6) is 0.633. The Bertz CT molecular complexity index is 712. The lowest BCUT2D eigenvalue weighted by Crippen LogP contribution is -2.19. The maximum Gasteiger partial charge on any atom is 0.259 e. The summed E-state index contributed by atoms with van der Waals surface area (Å²) in [6.45, 7) is 0. The van der Waals surface area contributed by atoms with E-state index in [1.54, 1.807) is 24.1 Å². The largest absolute Gasteiger partial charge is 0.494 e. The zero-order valence-corrected chi connectivity index (χ0v) is 12.9. The van der Waals surface area contributed by atoms with E-state index in [1.165, 1.54) is 11.8 Å². The van der Waals surface area contributed by atoms with Gasteiger partial charge in [0.15, 0.2) is 0 Å². The number of benzene rings is 1. The van der Waals surface area contributed by atoms with Crippen LogP contribution in [0.3, 0.4) is 0 Å².